The first-order chi connectivity index (χ1) is 11.5. The summed E-state index contributed by atoms with van der Waals surface area (Å²) in [7, 11) is -2.35. The molecule has 1 N–H and O–H groups in total. The first-order valence-corrected chi connectivity index (χ1v) is 9.67. The van der Waals surface area contributed by atoms with Gasteiger partial charge < -0.3 is 4.74 Å². The summed E-state index contributed by atoms with van der Waals surface area (Å²) in [6.07, 6.45) is 1.73. The van der Waals surface area contributed by atoms with Crippen LogP contribution in [0.5, 0.6) is 0 Å². The molecule has 3 aromatic rings. The van der Waals surface area contributed by atoms with E-state index in [0.717, 1.165) is 4.52 Å². The quantitative estimate of drug-likeness (QED) is 0.692. The molecule has 2 aromatic heterocycles. The van der Waals surface area contributed by atoms with E-state index < -0.39 is 15.4 Å². The zero-order valence-corrected chi connectivity index (χ0v) is 14.6. The van der Waals surface area contributed by atoms with E-state index in [1.807, 2.05) is 0 Å². The Labute approximate surface area is 142 Å². The zero-order chi connectivity index (χ0) is 17.3. The molecule has 24 heavy (non-hydrogen) atoms. The molecule has 0 atom stereocenters. The second-order valence-corrected chi connectivity index (χ2v) is 7.67. The van der Waals surface area contributed by atoms with Gasteiger partial charge in [0.15, 0.2) is 5.65 Å². The molecule has 7 nitrogen and oxygen atoms in total. The number of rotatable bonds is 5. The summed E-state index contributed by atoms with van der Waals surface area (Å²) in [5.41, 5.74) is 0.0540. The van der Waals surface area contributed by atoms with Gasteiger partial charge in [-0.3, -0.25) is 9.89 Å². The highest BCUT2D eigenvalue weighted by molar-refractivity contribution is 7.99. The van der Waals surface area contributed by atoms with Crippen LogP contribution in [0.4, 0.5) is 0 Å². The maximum Gasteiger partial charge on any atom is 0.273 e. The van der Waals surface area contributed by atoms with Crippen molar-refractivity contribution < 1.29 is 13.2 Å². The van der Waals surface area contributed by atoms with Crippen LogP contribution in [0.15, 0.2) is 56.0 Å². The van der Waals surface area contributed by atoms with E-state index in [-0.39, 0.29) is 22.0 Å². The molecule has 0 fully saturated rings. The molecule has 0 saturated heterocycles. The number of aromatic amines is 1. The Hall–Kier alpha value is -2.10. The van der Waals surface area contributed by atoms with Crippen LogP contribution in [0.25, 0.3) is 5.65 Å². The minimum atomic E-state index is -3.83. The van der Waals surface area contributed by atoms with Crippen molar-refractivity contribution in [2.45, 2.75) is 21.4 Å². The molecule has 1 aromatic carbocycles. The third kappa shape index (κ3) is 2.74. The van der Waals surface area contributed by atoms with Crippen LogP contribution in [-0.2, 0) is 21.2 Å². The van der Waals surface area contributed by atoms with Crippen LogP contribution in [0.2, 0.25) is 0 Å². The highest BCUT2D eigenvalue weighted by Crippen LogP contribution is 2.31. The molecule has 0 radical (unpaired) electrons. The summed E-state index contributed by atoms with van der Waals surface area (Å²) >= 11 is 1.20. The van der Waals surface area contributed by atoms with Gasteiger partial charge in [0.1, 0.15) is 9.92 Å². The van der Waals surface area contributed by atoms with Crippen molar-refractivity contribution in [3.8, 4) is 0 Å². The number of methoxy groups -OCH3 is 1. The number of thioether (sulfide) groups is 1. The number of nitrogens with zero attached hydrogens (tertiary/aromatic N) is 2. The Morgan fingerprint density at radius 2 is 2.00 bits per heavy atom. The van der Waals surface area contributed by atoms with Gasteiger partial charge in [-0.05, 0) is 18.4 Å². The highest BCUT2D eigenvalue weighted by Gasteiger charge is 2.28. The lowest BCUT2D eigenvalue weighted by Crippen LogP contribution is -2.16. The number of H-pyrrole nitrogens is 1. The molecule has 0 aliphatic rings. The summed E-state index contributed by atoms with van der Waals surface area (Å²) in [6, 6.07) is 9.38. The highest BCUT2D eigenvalue weighted by atomic mass is 32.2. The largest absolute Gasteiger partial charge is 0.378 e. The molecule has 0 aliphatic heterocycles. The van der Waals surface area contributed by atoms with E-state index >= 15 is 0 Å². The SMILES string of the molecule is COCc1cc(=O)n2[nH]c(SC)c(S(=O)(=O)c3ccccc3)c2n1. The maximum atomic E-state index is 13.0. The van der Waals surface area contributed by atoms with Gasteiger partial charge in [0.2, 0.25) is 9.84 Å². The molecule has 9 heteroatoms. The van der Waals surface area contributed by atoms with Crippen LogP contribution >= 0.6 is 11.8 Å². The topological polar surface area (TPSA) is 93.5 Å². The van der Waals surface area contributed by atoms with Gasteiger partial charge in [0, 0.05) is 13.2 Å². The summed E-state index contributed by atoms with van der Waals surface area (Å²) in [5, 5.41) is 3.17. The average Bonchev–Trinajstić information content (AvgIpc) is 2.96. The minimum Gasteiger partial charge on any atom is -0.378 e. The lowest BCUT2D eigenvalue weighted by molar-refractivity contribution is 0.181. The van der Waals surface area contributed by atoms with Gasteiger partial charge in [-0.15, -0.1) is 11.8 Å². The standard InChI is InChI=1S/C15H15N3O4S2/c1-22-9-10-8-12(19)18-14(16-10)13(15(17-18)23-2)24(20,21)11-6-4-3-5-7-11/h3-8,17H,9H2,1-2H3. The van der Waals surface area contributed by atoms with Gasteiger partial charge in [0.05, 0.1) is 17.2 Å². The van der Waals surface area contributed by atoms with Crippen molar-refractivity contribution in [2.24, 2.45) is 0 Å². The Morgan fingerprint density at radius 3 is 2.62 bits per heavy atom. The Morgan fingerprint density at radius 1 is 1.29 bits per heavy atom. The minimum absolute atomic E-state index is 0.00347. The summed E-state index contributed by atoms with van der Waals surface area (Å²) in [6.45, 7) is 0.121. The van der Waals surface area contributed by atoms with Gasteiger partial charge in [0.25, 0.3) is 5.56 Å². The van der Waals surface area contributed by atoms with Crippen molar-refractivity contribution >= 4 is 27.2 Å². The third-order valence-corrected chi connectivity index (χ3v) is 6.06. The van der Waals surface area contributed by atoms with Gasteiger partial charge >= 0.3 is 0 Å². The van der Waals surface area contributed by atoms with Crippen LogP contribution in [-0.4, -0.2) is 36.4 Å². The number of hydrogen-bond donors (Lipinski definition) is 1. The Balaban J connectivity index is 2.36. The van der Waals surface area contributed by atoms with Crippen molar-refractivity contribution in [3.63, 3.8) is 0 Å². The molecule has 0 amide bonds. The fraction of sp³-hybridized carbons (Fsp3) is 0.200. The third-order valence-electron chi connectivity index (χ3n) is 3.41. The molecule has 126 valence electrons. The molecule has 0 bridgehead atoms. The second-order valence-electron chi connectivity index (χ2n) is 4.97. The smallest absolute Gasteiger partial charge is 0.273 e. The number of aromatic nitrogens is 3. The monoisotopic (exact) mass is 365 g/mol. The lowest BCUT2D eigenvalue weighted by atomic mass is 10.4. The summed E-state index contributed by atoms with van der Waals surface area (Å²) < 4.78 is 32.2. The number of benzene rings is 1. The Kier molecular flexibility index (Phi) is 4.48. The molecule has 2 heterocycles. The van der Waals surface area contributed by atoms with Crippen molar-refractivity contribution in [1.29, 1.82) is 0 Å². The number of nitrogens with one attached hydrogen (secondary N) is 1. The summed E-state index contributed by atoms with van der Waals surface area (Å²) in [4.78, 5) is 16.7. The van der Waals surface area contributed by atoms with E-state index in [9.17, 15) is 13.2 Å². The number of sulfone groups is 1. The normalized spacial score (nSPS) is 11.9. The molecular formula is C15H15N3O4S2. The van der Waals surface area contributed by atoms with Crippen LogP contribution < -0.4 is 5.56 Å². The first kappa shape index (κ1) is 16.7. The second kappa shape index (κ2) is 6.42. The first-order valence-electron chi connectivity index (χ1n) is 6.96. The maximum absolute atomic E-state index is 13.0. The fourth-order valence-corrected chi connectivity index (χ4v) is 4.82. The number of fused-ring (bicyclic) bond motifs is 1. The van der Waals surface area contributed by atoms with Crippen molar-refractivity contribution in [2.75, 3.05) is 13.4 Å². The van der Waals surface area contributed by atoms with Crippen molar-refractivity contribution in [1.82, 2.24) is 14.6 Å². The van der Waals surface area contributed by atoms with E-state index in [1.54, 1.807) is 24.5 Å². The van der Waals surface area contributed by atoms with Gasteiger partial charge in [-0.25, -0.2) is 13.4 Å². The van der Waals surface area contributed by atoms with Crippen molar-refractivity contribution in [3.05, 3.63) is 52.4 Å². The van der Waals surface area contributed by atoms with E-state index in [1.165, 1.54) is 37.1 Å². The molecule has 0 saturated carbocycles. The predicted octanol–water partition coefficient (Wildman–Crippen LogP) is 1.72. The van der Waals surface area contributed by atoms with Crippen LogP contribution in [0, 0.1) is 0 Å². The molecule has 0 spiro atoms. The van der Waals surface area contributed by atoms with Gasteiger partial charge in [-0.2, -0.15) is 4.52 Å². The van der Waals surface area contributed by atoms with Crippen LogP contribution in [0.1, 0.15) is 5.69 Å². The van der Waals surface area contributed by atoms with E-state index in [0.29, 0.717) is 10.7 Å². The number of ether oxygens (including phenoxy) is 1. The number of hydrogen-bond acceptors (Lipinski definition) is 6. The fourth-order valence-electron chi connectivity index (χ4n) is 2.36. The van der Waals surface area contributed by atoms with E-state index in [2.05, 4.69) is 10.1 Å². The molecule has 3 rings (SSSR count). The lowest BCUT2D eigenvalue weighted by Gasteiger charge is -2.05. The predicted molar refractivity (Wildman–Crippen MR) is 90.2 cm³/mol. The molecule has 0 unspecified atom stereocenters. The van der Waals surface area contributed by atoms with Gasteiger partial charge in [-0.1, -0.05) is 18.2 Å². The Bertz CT molecular complexity index is 1040. The van der Waals surface area contributed by atoms with E-state index in [4.69, 9.17) is 4.74 Å². The molecule has 0 aliphatic carbocycles. The zero-order valence-electron chi connectivity index (χ0n) is 13.0. The average molecular weight is 365 g/mol. The van der Waals surface area contributed by atoms with Crippen LogP contribution in [0.3, 0.4) is 0 Å². The summed E-state index contributed by atoms with van der Waals surface area (Å²) in [5.74, 6) is 0. The molecular weight excluding hydrogens is 350 g/mol.